The van der Waals surface area contributed by atoms with Crippen LogP contribution in [0.5, 0.6) is 0 Å². The second-order valence-corrected chi connectivity index (χ2v) is 5.04. The lowest BCUT2D eigenvalue weighted by Gasteiger charge is -2.20. The molecule has 1 unspecified atom stereocenters. The van der Waals surface area contributed by atoms with Crippen LogP contribution in [0.25, 0.3) is 0 Å². The number of hydrogen-bond acceptors (Lipinski definition) is 5. The van der Waals surface area contributed by atoms with Gasteiger partial charge < -0.3 is 24.4 Å². The molecule has 3 N–H and O–H groups in total. The molecule has 1 amide bonds. The summed E-state index contributed by atoms with van der Waals surface area (Å²) in [7, 11) is 0. The average Bonchev–Trinajstić information content (AvgIpc) is 3.13. The third kappa shape index (κ3) is 3.20. The Labute approximate surface area is 126 Å². The molecular weight excluding hydrogens is 290 g/mol. The van der Waals surface area contributed by atoms with Gasteiger partial charge >= 0.3 is 5.97 Å². The Morgan fingerprint density at radius 1 is 1.41 bits per heavy atom. The molecule has 0 aromatic carbocycles. The van der Waals surface area contributed by atoms with Gasteiger partial charge in [0.25, 0.3) is 5.91 Å². The van der Waals surface area contributed by atoms with Crippen LogP contribution in [0.4, 0.5) is 0 Å². The minimum Gasteiger partial charge on any atom is -0.478 e. The summed E-state index contributed by atoms with van der Waals surface area (Å²) in [4.78, 5) is 23.1. The quantitative estimate of drug-likeness (QED) is 0.749. The highest BCUT2D eigenvalue weighted by Crippen LogP contribution is 2.21. The van der Waals surface area contributed by atoms with Gasteiger partial charge in [0.2, 0.25) is 0 Å². The molecule has 0 spiro atoms. The first-order chi connectivity index (χ1) is 10.3. The molecule has 0 aliphatic carbocycles. The highest BCUT2D eigenvalue weighted by Gasteiger charge is 2.28. The Kier molecular flexibility index (Phi) is 4.37. The number of carboxylic acid groups (broad SMARTS) is 1. The van der Waals surface area contributed by atoms with Gasteiger partial charge in [0.15, 0.2) is 5.76 Å². The predicted octanol–water partition coefficient (Wildman–Crippen LogP) is 1.77. The number of furan rings is 2. The molecule has 0 aliphatic heterocycles. The molecule has 0 bridgehead atoms. The summed E-state index contributed by atoms with van der Waals surface area (Å²) in [6.07, 6.45) is 1.78. The zero-order valence-electron chi connectivity index (χ0n) is 12.3. The summed E-state index contributed by atoms with van der Waals surface area (Å²) in [6, 6.07) is 4.40. The van der Waals surface area contributed by atoms with Crippen molar-refractivity contribution in [3.63, 3.8) is 0 Å². The smallest absolute Gasteiger partial charge is 0.339 e. The van der Waals surface area contributed by atoms with Gasteiger partial charge in [-0.2, -0.15) is 0 Å². The van der Waals surface area contributed by atoms with E-state index in [9.17, 15) is 14.7 Å². The highest BCUT2D eigenvalue weighted by atomic mass is 16.4. The summed E-state index contributed by atoms with van der Waals surface area (Å²) in [5, 5.41) is 21.8. The van der Waals surface area contributed by atoms with Gasteiger partial charge in [0, 0.05) is 12.5 Å². The fourth-order valence-electron chi connectivity index (χ4n) is 2.00. The number of carbonyl (C=O) groups is 2. The number of aryl methyl sites for hydroxylation is 1. The van der Waals surface area contributed by atoms with Gasteiger partial charge in [-0.05, 0) is 19.1 Å². The third-order valence-electron chi connectivity index (χ3n) is 3.23. The molecular formula is C15H17NO6. The average molecular weight is 307 g/mol. The molecule has 0 fully saturated rings. The van der Waals surface area contributed by atoms with Crippen LogP contribution in [0.1, 0.15) is 46.3 Å². The van der Waals surface area contributed by atoms with E-state index in [2.05, 4.69) is 5.32 Å². The number of nitrogens with one attached hydrogen (secondary N) is 1. The normalized spacial score (nSPS) is 13.6. The van der Waals surface area contributed by atoms with Gasteiger partial charge in [0.1, 0.15) is 22.7 Å². The minimum absolute atomic E-state index is 0.0366. The van der Waals surface area contributed by atoms with Gasteiger partial charge in [-0.25, -0.2) is 4.79 Å². The fraction of sp³-hybridized carbons (Fsp3) is 0.333. The number of aromatic carboxylic acids is 1. The SMILES string of the molecule is CCc1oc(C(=O)NCC(C)(O)c2ccco2)cc1C(=O)O. The molecule has 0 saturated heterocycles. The van der Waals surface area contributed by atoms with E-state index in [4.69, 9.17) is 13.9 Å². The largest absolute Gasteiger partial charge is 0.478 e. The van der Waals surface area contributed by atoms with Crippen LogP contribution in [-0.2, 0) is 12.0 Å². The molecule has 22 heavy (non-hydrogen) atoms. The summed E-state index contributed by atoms with van der Waals surface area (Å²) in [5.41, 5.74) is -1.42. The number of hydrogen-bond donors (Lipinski definition) is 3. The zero-order valence-corrected chi connectivity index (χ0v) is 12.3. The summed E-state index contributed by atoms with van der Waals surface area (Å²) in [5.74, 6) is -1.32. The first-order valence-corrected chi connectivity index (χ1v) is 6.75. The van der Waals surface area contributed by atoms with E-state index in [1.807, 2.05) is 0 Å². The highest BCUT2D eigenvalue weighted by molar-refractivity contribution is 5.96. The van der Waals surface area contributed by atoms with E-state index in [-0.39, 0.29) is 23.6 Å². The molecule has 118 valence electrons. The van der Waals surface area contributed by atoms with Gasteiger partial charge in [-0.15, -0.1) is 0 Å². The summed E-state index contributed by atoms with van der Waals surface area (Å²) in [6.45, 7) is 3.12. The molecule has 0 aliphatic rings. The fourth-order valence-corrected chi connectivity index (χ4v) is 2.00. The van der Waals surface area contributed by atoms with Crippen LogP contribution in [0, 0.1) is 0 Å². The maximum Gasteiger partial charge on any atom is 0.339 e. The number of amides is 1. The Balaban J connectivity index is 2.08. The van der Waals surface area contributed by atoms with Crippen molar-refractivity contribution in [2.24, 2.45) is 0 Å². The molecule has 7 heteroatoms. The second-order valence-electron chi connectivity index (χ2n) is 5.04. The summed E-state index contributed by atoms with van der Waals surface area (Å²) >= 11 is 0. The van der Waals surface area contributed by atoms with Gasteiger partial charge in [0.05, 0.1) is 12.8 Å². The van der Waals surface area contributed by atoms with Crippen molar-refractivity contribution < 1.29 is 28.6 Å². The monoisotopic (exact) mass is 307 g/mol. The van der Waals surface area contributed by atoms with Gasteiger partial charge in [-0.1, -0.05) is 6.92 Å². The van der Waals surface area contributed by atoms with Crippen molar-refractivity contribution in [1.82, 2.24) is 5.32 Å². The first-order valence-electron chi connectivity index (χ1n) is 6.75. The van der Waals surface area contributed by atoms with Crippen LogP contribution in [0.2, 0.25) is 0 Å². The molecule has 2 aromatic rings. The number of rotatable bonds is 6. The molecule has 0 radical (unpaired) electrons. The predicted molar refractivity (Wildman–Crippen MR) is 75.7 cm³/mol. The molecule has 7 nitrogen and oxygen atoms in total. The van der Waals surface area contributed by atoms with E-state index >= 15 is 0 Å². The van der Waals surface area contributed by atoms with Crippen LogP contribution < -0.4 is 5.32 Å². The lowest BCUT2D eigenvalue weighted by atomic mass is 10.0. The van der Waals surface area contributed by atoms with Crippen LogP contribution in [0.3, 0.4) is 0 Å². The van der Waals surface area contributed by atoms with Crippen molar-refractivity contribution in [1.29, 1.82) is 0 Å². The van der Waals surface area contributed by atoms with E-state index in [0.29, 0.717) is 12.2 Å². The minimum atomic E-state index is -1.38. The molecule has 2 rings (SSSR count). The van der Waals surface area contributed by atoms with E-state index in [1.165, 1.54) is 19.3 Å². The zero-order chi connectivity index (χ0) is 16.3. The molecule has 2 aromatic heterocycles. The molecule has 1 atom stereocenters. The standard InChI is InChI=1S/C15H17NO6/c1-3-10-9(14(18)19)7-11(22-10)13(17)16-8-15(2,20)12-5-4-6-21-12/h4-7,20H,3,8H2,1-2H3,(H,16,17)(H,18,19). The maximum atomic E-state index is 12.0. The number of carboxylic acids is 1. The first kappa shape index (κ1) is 15.8. The van der Waals surface area contributed by atoms with Crippen molar-refractivity contribution in [2.45, 2.75) is 25.9 Å². The van der Waals surface area contributed by atoms with Crippen LogP contribution in [-0.4, -0.2) is 28.6 Å². The van der Waals surface area contributed by atoms with Gasteiger partial charge in [-0.3, -0.25) is 4.79 Å². The van der Waals surface area contributed by atoms with Crippen LogP contribution >= 0.6 is 0 Å². The topological polar surface area (TPSA) is 113 Å². The van der Waals surface area contributed by atoms with E-state index in [1.54, 1.807) is 19.1 Å². The Hall–Kier alpha value is -2.54. The molecule has 0 saturated carbocycles. The third-order valence-corrected chi connectivity index (χ3v) is 3.23. The van der Waals surface area contributed by atoms with E-state index < -0.39 is 17.5 Å². The van der Waals surface area contributed by atoms with Crippen molar-refractivity contribution in [3.05, 3.63) is 47.3 Å². The van der Waals surface area contributed by atoms with Crippen molar-refractivity contribution in [2.75, 3.05) is 6.54 Å². The lowest BCUT2D eigenvalue weighted by Crippen LogP contribution is -2.38. The number of aliphatic hydroxyl groups is 1. The van der Waals surface area contributed by atoms with Crippen molar-refractivity contribution >= 4 is 11.9 Å². The number of carbonyl (C=O) groups excluding carboxylic acids is 1. The van der Waals surface area contributed by atoms with E-state index in [0.717, 1.165) is 0 Å². The Morgan fingerprint density at radius 3 is 2.64 bits per heavy atom. The second kappa shape index (κ2) is 6.07. The van der Waals surface area contributed by atoms with Crippen molar-refractivity contribution in [3.8, 4) is 0 Å². The lowest BCUT2D eigenvalue weighted by molar-refractivity contribution is 0.0326. The maximum absolute atomic E-state index is 12.0. The summed E-state index contributed by atoms with van der Waals surface area (Å²) < 4.78 is 10.4. The Bertz CT molecular complexity index is 668. The molecule has 2 heterocycles. The van der Waals surface area contributed by atoms with Crippen LogP contribution in [0.15, 0.2) is 33.3 Å². The Morgan fingerprint density at radius 2 is 2.14 bits per heavy atom.